The first-order valence-corrected chi connectivity index (χ1v) is 7.40. The van der Waals surface area contributed by atoms with Crippen LogP contribution in [0, 0.1) is 10.1 Å². The van der Waals surface area contributed by atoms with Crippen LogP contribution in [0.2, 0.25) is 5.02 Å². The van der Waals surface area contributed by atoms with Crippen molar-refractivity contribution < 1.29 is 14.5 Å². The molecule has 0 N–H and O–H groups in total. The lowest BCUT2D eigenvalue weighted by atomic mass is 10.0. The zero-order valence-electron chi connectivity index (χ0n) is 12.9. The van der Waals surface area contributed by atoms with Crippen LogP contribution in [0.3, 0.4) is 0 Å². The topological polar surface area (TPSA) is 69.4 Å². The maximum atomic E-state index is 11.9. The van der Waals surface area contributed by atoms with Gasteiger partial charge in [0.1, 0.15) is 0 Å². The van der Waals surface area contributed by atoms with Crippen molar-refractivity contribution in [3.63, 3.8) is 0 Å². The zero-order chi connectivity index (χ0) is 17.5. The maximum Gasteiger partial charge on any atom is 0.341 e. The number of hydrogen-bond donors (Lipinski definition) is 0. The largest absolute Gasteiger partial charge is 0.465 e. The van der Waals surface area contributed by atoms with Crippen LogP contribution < -0.4 is 0 Å². The number of hydrogen-bond acceptors (Lipinski definition) is 4. The van der Waals surface area contributed by atoms with E-state index in [1.54, 1.807) is 42.5 Å². The lowest BCUT2D eigenvalue weighted by Crippen LogP contribution is -2.06. The highest BCUT2D eigenvalue weighted by atomic mass is 35.5. The van der Waals surface area contributed by atoms with Crippen LogP contribution in [0.25, 0.3) is 6.08 Å². The normalized spacial score (nSPS) is 9.75. The molecule has 5 nitrogen and oxygen atoms in total. The Hall–Kier alpha value is -2.88. The Bertz CT molecular complexity index is 804. The number of rotatable bonds is 5. The van der Waals surface area contributed by atoms with Crippen molar-refractivity contribution in [3.05, 3.63) is 86.1 Å². The van der Waals surface area contributed by atoms with Crippen molar-refractivity contribution in [2.24, 2.45) is 0 Å². The number of non-ortho nitro benzene ring substituents is 1. The number of nitrogens with zero attached hydrogens (tertiary/aromatic N) is 1. The molecule has 2 aromatic rings. The highest BCUT2D eigenvalue weighted by molar-refractivity contribution is 6.30. The second-order valence-corrected chi connectivity index (χ2v) is 5.35. The summed E-state index contributed by atoms with van der Waals surface area (Å²) in [6.07, 6.45) is 1.92. The molecule has 0 spiro atoms. The summed E-state index contributed by atoms with van der Waals surface area (Å²) in [6, 6.07) is 13.1. The summed E-state index contributed by atoms with van der Waals surface area (Å²) in [5.74, 6) is -0.501. The molecule has 0 radical (unpaired) electrons. The van der Waals surface area contributed by atoms with E-state index in [4.69, 9.17) is 16.3 Å². The van der Waals surface area contributed by atoms with Crippen LogP contribution in [0.15, 0.2) is 59.8 Å². The number of halogens is 1. The molecule has 6 heteroatoms. The molecule has 0 aliphatic carbocycles. The Labute approximate surface area is 144 Å². The lowest BCUT2D eigenvalue weighted by Gasteiger charge is -2.03. The fourth-order valence-electron chi connectivity index (χ4n) is 1.97. The van der Waals surface area contributed by atoms with Crippen molar-refractivity contribution in [1.29, 1.82) is 0 Å². The minimum atomic E-state index is -0.501. The second kappa shape index (κ2) is 8.11. The maximum absolute atomic E-state index is 11.9. The fourth-order valence-corrected chi connectivity index (χ4v) is 2.10. The molecule has 0 unspecified atom stereocenters. The van der Waals surface area contributed by atoms with Crippen molar-refractivity contribution >= 4 is 29.3 Å². The number of nitro groups is 1. The monoisotopic (exact) mass is 343 g/mol. The molecule has 0 amide bonds. The summed E-state index contributed by atoms with van der Waals surface area (Å²) in [4.78, 5) is 22.1. The smallest absolute Gasteiger partial charge is 0.341 e. The van der Waals surface area contributed by atoms with Gasteiger partial charge >= 0.3 is 5.97 Å². The molecule has 2 rings (SSSR count). The predicted octanol–water partition coefficient (Wildman–Crippen LogP) is 4.20. The highest BCUT2D eigenvalue weighted by Crippen LogP contribution is 2.16. The third kappa shape index (κ3) is 4.81. The lowest BCUT2D eigenvalue weighted by molar-refractivity contribution is -0.384. The highest BCUT2D eigenvalue weighted by Gasteiger charge is 2.11. The van der Waals surface area contributed by atoms with Gasteiger partial charge < -0.3 is 4.74 Å². The third-order valence-electron chi connectivity index (χ3n) is 3.24. The van der Waals surface area contributed by atoms with Crippen molar-refractivity contribution in [2.45, 2.75) is 6.42 Å². The number of benzene rings is 2. The van der Waals surface area contributed by atoms with Gasteiger partial charge in [0.05, 0.1) is 17.6 Å². The first kappa shape index (κ1) is 17.5. The molecular formula is C18H14ClNO4. The number of nitro benzene ring substituents is 1. The van der Waals surface area contributed by atoms with Gasteiger partial charge in [-0.15, -0.1) is 5.73 Å². The average Bonchev–Trinajstić information content (AvgIpc) is 2.59. The minimum Gasteiger partial charge on any atom is -0.465 e. The number of methoxy groups -OCH3 is 1. The molecule has 2 aromatic carbocycles. The molecule has 0 fully saturated rings. The van der Waals surface area contributed by atoms with Crippen LogP contribution >= 0.6 is 11.6 Å². The van der Waals surface area contributed by atoms with Crippen molar-refractivity contribution in [3.8, 4) is 0 Å². The van der Waals surface area contributed by atoms with Gasteiger partial charge in [0, 0.05) is 23.6 Å². The van der Waals surface area contributed by atoms with E-state index in [0.29, 0.717) is 10.6 Å². The van der Waals surface area contributed by atoms with E-state index in [2.05, 4.69) is 5.73 Å². The van der Waals surface area contributed by atoms with Gasteiger partial charge in [-0.05, 0) is 29.3 Å². The number of carbonyl (C=O) groups is 1. The summed E-state index contributed by atoms with van der Waals surface area (Å²) in [6.45, 7) is 0. The molecule has 0 heterocycles. The summed E-state index contributed by atoms with van der Waals surface area (Å²) in [5.41, 5.74) is 4.84. The van der Waals surface area contributed by atoms with Crippen LogP contribution in [0.5, 0.6) is 0 Å². The Morgan fingerprint density at radius 3 is 2.38 bits per heavy atom. The molecule has 122 valence electrons. The number of carbonyl (C=O) groups excluding carboxylic acids is 1. The fraction of sp³-hybridized carbons (Fsp3) is 0.111. The van der Waals surface area contributed by atoms with Gasteiger partial charge in [-0.1, -0.05) is 35.9 Å². The average molecular weight is 344 g/mol. The van der Waals surface area contributed by atoms with Gasteiger partial charge in [0.2, 0.25) is 0 Å². The van der Waals surface area contributed by atoms with Gasteiger partial charge in [0.25, 0.3) is 5.69 Å². The summed E-state index contributed by atoms with van der Waals surface area (Å²) in [7, 11) is 1.29. The van der Waals surface area contributed by atoms with Gasteiger partial charge in [-0.25, -0.2) is 4.79 Å². The molecule has 0 bridgehead atoms. The number of ether oxygens (including phenoxy) is 1. The second-order valence-electron chi connectivity index (χ2n) is 4.91. The molecule has 0 atom stereocenters. The van der Waals surface area contributed by atoms with Crippen molar-refractivity contribution in [2.75, 3.05) is 7.11 Å². The molecule has 0 saturated carbocycles. The van der Waals surface area contributed by atoms with E-state index in [-0.39, 0.29) is 12.1 Å². The van der Waals surface area contributed by atoms with Gasteiger partial charge in [0.15, 0.2) is 0 Å². The first-order valence-electron chi connectivity index (χ1n) is 7.02. The summed E-state index contributed by atoms with van der Waals surface area (Å²) < 4.78 is 4.77. The van der Waals surface area contributed by atoms with Crippen LogP contribution in [0.1, 0.15) is 11.1 Å². The summed E-state index contributed by atoms with van der Waals surface area (Å²) in [5, 5.41) is 11.3. The van der Waals surface area contributed by atoms with Crippen LogP contribution in [0.4, 0.5) is 5.69 Å². The van der Waals surface area contributed by atoms with E-state index in [0.717, 1.165) is 11.1 Å². The van der Waals surface area contributed by atoms with Crippen LogP contribution in [-0.4, -0.2) is 18.0 Å². The van der Waals surface area contributed by atoms with Crippen molar-refractivity contribution in [1.82, 2.24) is 0 Å². The van der Waals surface area contributed by atoms with Gasteiger partial charge in [-0.2, -0.15) is 0 Å². The van der Waals surface area contributed by atoms with E-state index < -0.39 is 10.9 Å². The Balaban J connectivity index is 2.28. The molecule has 0 aliphatic heterocycles. The van der Waals surface area contributed by atoms with E-state index in [9.17, 15) is 14.9 Å². The third-order valence-corrected chi connectivity index (χ3v) is 3.49. The first-order chi connectivity index (χ1) is 11.5. The Morgan fingerprint density at radius 1 is 1.21 bits per heavy atom. The standard InChI is InChI=1S/C18H14ClNO4/c1-24-18(21)15(7-2-13-3-8-16(19)9-4-13)12-14-5-10-17(11-6-14)20(22)23/h2-6,8-11H,12H2,1H3. The molecule has 0 aromatic heterocycles. The zero-order valence-corrected chi connectivity index (χ0v) is 13.6. The van der Waals surface area contributed by atoms with Crippen LogP contribution in [-0.2, 0) is 16.0 Å². The Morgan fingerprint density at radius 2 is 1.83 bits per heavy atom. The summed E-state index contributed by atoms with van der Waals surface area (Å²) >= 11 is 5.83. The minimum absolute atomic E-state index is 0.000876. The molecule has 0 saturated heterocycles. The molecule has 0 aliphatic rings. The quantitative estimate of drug-likeness (QED) is 0.268. The van der Waals surface area contributed by atoms with Gasteiger partial charge in [-0.3, -0.25) is 10.1 Å². The molecule has 24 heavy (non-hydrogen) atoms. The predicted molar refractivity (Wildman–Crippen MR) is 91.8 cm³/mol. The van der Waals surface area contributed by atoms with E-state index >= 15 is 0 Å². The Kier molecular flexibility index (Phi) is 5.90. The SMILES string of the molecule is COC(=O)C(=C=Cc1ccc(Cl)cc1)Cc1ccc([N+](=O)[O-])cc1. The van der Waals surface area contributed by atoms with E-state index in [1.807, 2.05) is 0 Å². The molecular weight excluding hydrogens is 330 g/mol. The van der Waals surface area contributed by atoms with E-state index in [1.165, 1.54) is 19.2 Å². The number of esters is 1.